The van der Waals surface area contributed by atoms with Crippen LogP contribution in [0.3, 0.4) is 0 Å². The Bertz CT molecular complexity index is 300. The molecule has 0 spiro atoms. The van der Waals surface area contributed by atoms with Crippen molar-refractivity contribution >= 4 is 15.9 Å². The molecule has 0 saturated carbocycles. The van der Waals surface area contributed by atoms with Gasteiger partial charge in [-0.1, -0.05) is 28.1 Å². The van der Waals surface area contributed by atoms with E-state index < -0.39 is 0 Å². The fourth-order valence-electron chi connectivity index (χ4n) is 1.27. The van der Waals surface area contributed by atoms with Crippen LogP contribution in [0.4, 0.5) is 0 Å². The van der Waals surface area contributed by atoms with Crippen LogP contribution in [0.1, 0.15) is 17.5 Å². The number of methoxy groups -OCH3 is 1. The van der Waals surface area contributed by atoms with Crippen molar-refractivity contribution in [1.29, 1.82) is 0 Å². The van der Waals surface area contributed by atoms with Gasteiger partial charge < -0.3 is 9.47 Å². The molecule has 15 heavy (non-hydrogen) atoms. The molecule has 0 radical (unpaired) electrons. The van der Waals surface area contributed by atoms with Gasteiger partial charge in [0.05, 0.1) is 6.61 Å². The van der Waals surface area contributed by atoms with Crippen molar-refractivity contribution in [1.82, 2.24) is 0 Å². The third-order valence-electron chi connectivity index (χ3n) is 2.16. The van der Waals surface area contributed by atoms with E-state index in [1.54, 1.807) is 7.11 Å². The molecule has 0 aliphatic rings. The number of alkyl halides is 1. The molecule has 0 saturated heterocycles. The summed E-state index contributed by atoms with van der Waals surface area (Å²) in [5.74, 6) is 0.975. The van der Waals surface area contributed by atoms with E-state index in [9.17, 15) is 0 Å². The summed E-state index contributed by atoms with van der Waals surface area (Å²) in [6.45, 7) is 3.52. The highest BCUT2D eigenvalue weighted by Crippen LogP contribution is 2.21. The Morgan fingerprint density at radius 3 is 2.73 bits per heavy atom. The van der Waals surface area contributed by atoms with Crippen LogP contribution >= 0.6 is 15.9 Å². The topological polar surface area (TPSA) is 18.5 Å². The van der Waals surface area contributed by atoms with Gasteiger partial charge in [-0.15, -0.1) is 0 Å². The summed E-state index contributed by atoms with van der Waals surface area (Å²) in [5, 5.41) is 0.863. The van der Waals surface area contributed by atoms with E-state index in [2.05, 4.69) is 41.1 Å². The Kier molecular flexibility index (Phi) is 5.73. The number of hydrogen-bond acceptors (Lipinski definition) is 2. The molecular formula is C12H17BrO2. The normalized spacial score (nSPS) is 10.3. The minimum Gasteiger partial charge on any atom is -0.493 e. The molecule has 0 aliphatic heterocycles. The molecule has 0 aliphatic carbocycles. The Balaban J connectivity index is 2.51. The van der Waals surface area contributed by atoms with E-state index in [-0.39, 0.29) is 0 Å². The standard InChI is InChI=1S/C12H17BrO2/c1-10-4-5-11(9-13)8-12(10)15-7-3-6-14-2/h4-5,8H,3,6-7,9H2,1-2H3. The Morgan fingerprint density at radius 1 is 1.27 bits per heavy atom. The fraction of sp³-hybridized carbons (Fsp3) is 0.500. The Morgan fingerprint density at radius 2 is 2.07 bits per heavy atom. The highest BCUT2D eigenvalue weighted by atomic mass is 79.9. The maximum Gasteiger partial charge on any atom is 0.122 e. The third-order valence-corrected chi connectivity index (χ3v) is 2.80. The zero-order chi connectivity index (χ0) is 11.1. The van der Waals surface area contributed by atoms with Crippen molar-refractivity contribution in [3.8, 4) is 5.75 Å². The van der Waals surface area contributed by atoms with Crippen molar-refractivity contribution in [3.05, 3.63) is 29.3 Å². The second-order valence-electron chi connectivity index (χ2n) is 3.43. The highest BCUT2D eigenvalue weighted by molar-refractivity contribution is 9.08. The lowest BCUT2D eigenvalue weighted by atomic mass is 10.1. The van der Waals surface area contributed by atoms with Gasteiger partial charge in [0.25, 0.3) is 0 Å². The molecule has 0 fully saturated rings. The molecule has 1 rings (SSSR count). The predicted molar refractivity (Wildman–Crippen MR) is 65.8 cm³/mol. The lowest BCUT2D eigenvalue weighted by Crippen LogP contribution is -2.02. The molecule has 0 bridgehead atoms. The minimum absolute atomic E-state index is 0.709. The zero-order valence-electron chi connectivity index (χ0n) is 9.25. The molecule has 0 N–H and O–H groups in total. The maximum absolute atomic E-state index is 5.68. The predicted octanol–water partition coefficient (Wildman–Crippen LogP) is 3.31. The smallest absolute Gasteiger partial charge is 0.122 e. The number of rotatable bonds is 6. The van der Waals surface area contributed by atoms with Gasteiger partial charge >= 0.3 is 0 Å². The first-order chi connectivity index (χ1) is 7.27. The van der Waals surface area contributed by atoms with Crippen LogP contribution < -0.4 is 4.74 Å². The van der Waals surface area contributed by atoms with Crippen molar-refractivity contribution < 1.29 is 9.47 Å². The van der Waals surface area contributed by atoms with Gasteiger partial charge in [-0.05, 0) is 24.1 Å². The maximum atomic E-state index is 5.68. The monoisotopic (exact) mass is 272 g/mol. The molecule has 84 valence electrons. The van der Waals surface area contributed by atoms with Crippen molar-refractivity contribution in [2.75, 3.05) is 20.3 Å². The summed E-state index contributed by atoms with van der Waals surface area (Å²) >= 11 is 3.43. The summed E-state index contributed by atoms with van der Waals surface area (Å²) in [5.41, 5.74) is 2.42. The summed E-state index contributed by atoms with van der Waals surface area (Å²) in [4.78, 5) is 0. The van der Waals surface area contributed by atoms with E-state index in [1.807, 2.05) is 0 Å². The fourth-order valence-corrected chi connectivity index (χ4v) is 1.62. The molecule has 0 aromatic heterocycles. The van der Waals surface area contributed by atoms with Crippen LogP contribution in [0.25, 0.3) is 0 Å². The molecular weight excluding hydrogens is 256 g/mol. The zero-order valence-corrected chi connectivity index (χ0v) is 10.8. The van der Waals surface area contributed by atoms with E-state index in [0.717, 1.165) is 24.1 Å². The van der Waals surface area contributed by atoms with E-state index >= 15 is 0 Å². The van der Waals surface area contributed by atoms with Crippen LogP contribution in [0, 0.1) is 6.92 Å². The lowest BCUT2D eigenvalue weighted by Gasteiger charge is -2.09. The van der Waals surface area contributed by atoms with Crippen molar-refractivity contribution in [3.63, 3.8) is 0 Å². The molecule has 3 heteroatoms. The van der Waals surface area contributed by atoms with Crippen LogP contribution in [-0.4, -0.2) is 20.3 Å². The minimum atomic E-state index is 0.709. The molecule has 0 atom stereocenters. The summed E-state index contributed by atoms with van der Waals surface area (Å²) in [7, 11) is 1.71. The van der Waals surface area contributed by atoms with Gasteiger partial charge in [0.2, 0.25) is 0 Å². The van der Waals surface area contributed by atoms with Gasteiger partial charge in [0, 0.05) is 25.5 Å². The molecule has 2 nitrogen and oxygen atoms in total. The average molecular weight is 273 g/mol. The Labute approximate surface area is 99.7 Å². The second kappa shape index (κ2) is 6.85. The van der Waals surface area contributed by atoms with Gasteiger partial charge in [0.15, 0.2) is 0 Å². The molecule has 1 aromatic rings. The Hall–Kier alpha value is -0.540. The van der Waals surface area contributed by atoms with Gasteiger partial charge in [-0.3, -0.25) is 0 Å². The van der Waals surface area contributed by atoms with E-state index in [4.69, 9.17) is 9.47 Å². The first kappa shape index (κ1) is 12.5. The molecule has 0 heterocycles. The van der Waals surface area contributed by atoms with Crippen molar-refractivity contribution in [2.45, 2.75) is 18.7 Å². The van der Waals surface area contributed by atoms with Crippen LogP contribution in [0.2, 0.25) is 0 Å². The lowest BCUT2D eigenvalue weighted by molar-refractivity contribution is 0.172. The van der Waals surface area contributed by atoms with Gasteiger partial charge in [0.1, 0.15) is 5.75 Å². The number of ether oxygens (including phenoxy) is 2. The van der Waals surface area contributed by atoms with Crippen LogP contribution in [0.5, 0.6) is 5.75 Å². The first-order valence-corrected chi connectivity index (χ1v) is 6.17. The van der Waals surface area contributed by atoms with Crippen LogP contribution in [-0.2, 0) is 10.1 Å². The molecule has 0 unspecified atom stereocenters. The summed E-state index contributed by atoms with van der Waals surface area (Å²) < 4.78 is 10.6. The molecule has 1 aromatic carbocycles. The van der Waals surface area contributed by atoms with Gasteiger partial charge in [-0.25, -0.2) is 0 Å². The second-order valence-corrected chi connectivity index (χ2v) is 3.99. The quantitative estimate of drug-likeness (QED) is 0.585. The number of aryl methyl sites for hydroxylation is 1. The van der Waals surface area contributed by atoms with Crippen LogP contribution in [0.15, 0.2) is 18.2 Å². The first-order valence-electron chi connectivity index (χ1n) is 5.05. The third kappa shape index (κ3) is 4.22. The van der Waals surface area contributed by atoms with E-state index in [1.165, 1.54) is 11.1 Å². The highest BCUT2D eigenvalue weighted by Gasteiger charge is 2.00. The SMILES string of the molecule is COCCCOc1cc(CBr)ccc1C. The number of hydrogen-bond donors (Lipinski definition) is 0. The van der Waals surface area contributed by atoms with E-state index in [0.29, 0.717) is 6.61 Å². The number of benzene rings is 1. The van der Waals surface area contributed by atoms with Gasteiger partial charge in [-0.2, -0.15) is 0 Å². The average Bonchev–Trinajstić information content (AvgIpc) is 2.26. The summed E-state index contributed by atoms with van der Waals surface area (Å²) in [6.07, 6.45) is 0.925. The summed E-state index contributed by atoms with van der Waals surface area (Å²) in [6, 6.07) is 6.27. The number of halogens is 1. The largest absolute Gasteiger partial charge is 0.493 e. The molecule has 0 amide bonds. The van der Waals surface area contributed by atoms with Crippen molar-refractivity contribution in [2.24, 2.45) is 0 Å².